The van der Waals surface area contributed by atoms with Crippen molar-refractivity contribution < 1.29 is 14.6 Å². The molecular weight excluding hydrogens is 354 g/mol. The Bertz CT molecular complexity index is 905. The molecule has 25 heavy (non-hydrogen) atoms. The Balaban J connectivity index is 1.75. The molecule has 1 aromatic heterocycles. The number of aryl methyl sites for hydroxylation is 1. The second kappa shape index (κ2) is 7.63. The van der Waals surface area contributed by atoms with Crippen LogP contribution in [0.1, 0.15) is 15.9 Å². The lowest BCUT2D eigenvalue weighted by Crippen LogP contribution is -1.99. The summed E-state index contributed by atoms with van der Waals surface area (Å²) in [4.78, 5) is 12.3. The molecule has 0 unspecified atom stereocenters. The van der Waals surface area contributed by atoms with Crippen LogP contribution in [0.3, 0.4) is 0 Å². The Morgan fingerprint density at radius 2 is 1.96 bits per heavy atom. The van der Waals surface area contributed by atoms with Gasteiger partial charge in [-0.05, 0) is 60.3 Å². The number of methoxy groups -OCH3 is 1. The third kappa shape index (κ3) is 3.97. The van der Waals surface area contributed by atoms with Gasteiger partial charge in [-0.2, -0.15) is 0 Å². The Kier molecular flexibility index (Phi) is 5.31. The van der Waals surface area contributed by atoms with E-state index in [1.807, 2.05) is 12.1 Å². The van der Waals surface area contributed by atoms with Crippen molar-refractivity contribution in [1.29, 1.82) is 0 Å². The molecule has 0 bridgehead atoms. The van der Waals surface area contributed by atoms with E-state index in [2.05, 4.69) is 35.9 Å². The topological polar surface area (TPSA) is 58.6 Å². The molecule has 2 N–H and O–H groups in total. The molecule has 1 heterocycles. The van der Waals surface area contributed by atoms with Crippen LogP contribution in [-0.2, 0) is 0 Å². The lowest BCUT2D eigenvalue weighted by atomic mass is 10.1. The molecule has 4 nitrogen and oxygen atoms in total. The van der Waals surface area contributed by atoms with Crippen molar-refractivity contribution in [3.63, 3.8) is 0 Å². The summed E-state index contributed by atoms with van der Waals surface area (Å²) in [5.74, 6) is -0.471. The molecule has 0 atom stereocenters. The van der Waals surface area contributed by atoms with E-state index in [1.54, 1.807) is 23.5 Å². The lowest BCUT2D eigenvalue weighted by molar-refractivity contribution is 0.0696. The maximum atomic E-state index is 11.0. The lowest BCUT2D eigenvalue weighted by Gasteiger charge is -2.10. The van der Waals surface area contributed by atoms with Crippen molar-refractivity contribution in [1.82, 2.24) is 0 Å². The first-order chi connectivity index (χ1) is 12.1. The maximum absolute atomic E-state index is 11.0. The number of rotatable bonds is 6. The van der Waals surface area contributed by atoms with E-state index in [1.165, 1.54) is 41.1 Å². The minimum atomic E-state index is -0.973. The summed E-state index contributed by atoms with van der Waals surface area (Å²) in [7, 11) is 1.53. The number of nitrogens with one attached hydrogen (secondary N) is 1. The Morgan fingerprint density at radius 1 is 1.16 bits per heavy atom. The van der Waals surface area contributed by atoms with E-state index in [4.69, 9.17) is 9.84 Å². The van der Waals surface area contributed by atoms with E-state index < -0.39 is 5.97 Å². The molecule has 0 fully saturated rings. The molecule has 2 aromatic carbocycles. The fourth-order valence-electron chi connectivity index (χ4n) is 2.38. The molecule has 128 valence electrons. The van der Waals surface area contributed by atoms with Crippen molar-refractivity contribution >= 4 is 34.9 Å². The van der Waals surface area contributed by atoms with E-state index in [9.17, 15) is 4.79 Å². The molecule has 0 aliphatic rings. The van der Waals surface area contributed by atoms with Gasteiger partial charge < -0.3 is 14.6 Å². The molecule has 3 aromatic rings. The van der Waals surface area contributed by atoms with Crippen molar-refractivity contribution in [3.05, 3.63) is 65.7 Å². The number of aromatic carboxylic acids is 1. The Morgan fingerprint density at radius 3 is 2.68 bits per heavy atom. The van der Waals surface area contributed by atoms with Crippen LogP contribution >= 0.6 is 23.3 Å². The highest BCUT2D eigenvalue weighted by molar-refractivity contribution is 8.02. The minimum absolute atomic E-state index is 0.199. The van der Waals surface area contributed by atoms with Crippen LogP contribution in [0, 0.1) is 6.92 Å². The molecule has 0 saturated carbocycles. The van der Waals surface area contributed by atoms with Gasteiger partial charge in [-0.1, -0.05) is 24.3 Å². The normalized spacial score (nSPS) is 10.5. The number of anilines is 1. The summed E-state index contributed by atoms with van der Waals surface area (Å²) in [5.41, 5.74) is 3.43. The predicted octanol–water partition coefficient (Wildman–Crippen LogP) is 5.55. The van der Waals surface area contributed by atoms with Gasteiger partial charge in [0.2, 0.25) is 0 Å². The van der Waals surface area contributed by atoms with Crippen molar-refractivity contribution in [2.75, 3.05) is 11.8 Å². The van der Waals surface area contributed by atoms with Crippen LogP contribution in [0.5, 0.6) is 5.75 Å². The summed E-state index contributed by atoms with van der Waals surface area (Å²) in [6, 6.07) is 17.3. The molecule has 0 aliphatic carbocycles. The van der Waals surface area contributed by atoms with Crippen LogP contribution in [0.15, 0.2) is 58.8 Å². The Labute approximate surface area is 154 Å². The second-order valence-electron chi connectivity index (χ2n) is 5.36. The number of hydrogen-bond donors (Lipinski definition) is 2. The van der Waals surface area contributed by atoms with Gasteiger partial charge in [0.15, 0.2) is 0 Å². The van der Waals surface area contributed by atoms with E-state index in [0.29, 0.717) is 5.75 Å². The number of carbonyl (C=O) groups is 1. The van der Waals surface area contributed by atoms with Crippen LogP contribution in [0.25, 0.3) is 10.4 Å². The number of ether oxygens (including phenoxy) is 1. The molecule has 0 amide bonds. The fourth-order valence-corrected chi connectivity index (χ4v) is 4.29. The number of benzene rings is 2. The first kappa shape index (κ1) is 17.4. The first-order valence-corrected chi connectivity index (χ1v) is 9.22. The molecule has 0 radical (unpaired) electrons. The van der Waals surface area contributed by atoms with Gasteiger partial charge in [0.05, 0.1) is 22.6 Å². The van der Waals surface area contributed by atoms with Gasteiger partial charge in [0.25, 0.3) is 0 Å². The third-order valence-corrected chi connectivity index (χ3v) is 5.77. The van der Waals surface area contributed by atoms with Gasteiger partial charge in [-0.15, -0.1) is 11.3 Å². The summed E-state index contributed by atoms with van der Waals surface area (Å²) in [5, 5.41) is 9.06. The van der Waals surface area contributed by atoms with Crippen molar-refractivity contribution in [2.45, 2.75) is 11.1 Å². The van der Waals surface area contributed by atoms with E-state index >= 15 is 0 Å². The average molecular weight is 371 g/mol. The van der Waals surface area contributed by atoms with Crippen LogP contribution in [-0.4, -0.2) is 18.2 Å². The summed E-state index contributed by atoms with van der Waals surface area (Å²) in [6.45, 7) is 2.11. The first-order valence-electron chi connectivity index (χ1n) is 7.58. The third-order valence-electron chi connectivity index (χ3n) is 3.70. The summed E-state index contributed by atoms with van der Waals surface area (Å²) in [6.07, 6.45) is 0. The molecule has 0 saturated heterocycles. The van der Waals surface area contributed by atoms with E-state index in [0.717, 1.165) is 9.90 Å². The molecule has 3 rings (SSSR count). The summed E-state index contributed by atoms with van der Waals surface area (Å²) < 4.78 is 9.63. The SMILES string of the molecule is COc1cc(C(=O)O)ccc1NSc1ccc(-c2ccccc2C)s1. The average Bonchev–Trinajstić information content (AvgIpc) is 3.08. The maximum Gasteiger partial charge on any atom is 0.335 e. The zero-order valence-electron chi connectivity index (χ0n) is 13.8. The smallest absolute Gasteiger partial charge is 0.335 e. The largest absolute Gasteiger partial charge is 0.495 e. The quantitative estimate of drug-likeness (QED) is 0.556. The molecule has 0 spiro atoms. The number of carboxylic acid groups (broad SMARTS) is 1. The van der Waals surface area contributed by atoms with Crippen molar-refractivity contribution in [2.24, 2.45) is 0 Å². The highest BCUT2D eigenvalue weighted by atomic mass is 32.2. The highest BCUT2D eigenvalue weighted by Crippen LogP contribution is 2.37. The monoisotopic (exact) mass is 371 g/mol. The minimum Gasteiger partial charge on any atom is -0.495 e. The van der Waals surface area contributed by atoms with Gasteiger partial charge in [0.1, 0.15) is 5.75 Å². The van der Waals surface area contributed by atoms with E-state index in [-0.39, 0.29) is 5.56 Å². The molecular formula is C19H17NO3S2. The number of carboxylic acids is 1. The van der Waals surface area contributed by atoms with Crippen molar-refractivity contribution in [3.8, 4) is 16.2 Å². The van der Waals surface area contributed by atoms with Gasteiger partial charge in [-0.25, -0.2) is 4.79 Å². The zero-order chi connectivity index (χ0) is 17.8. The van der Waals surface area contributed by atoms with Crippen LogP contribution in [0.2, 0.25) is 0 Å². The fraction of sp³-hybridized carbons (Fsp3) is 0.105. The van der Waals surface area contributed by atoms with Crippen LogP contribution in [0.4, 0.5) is 5.69 Å². The standard InChI is InChI=1S/C19H17NO3S2/c1-12-5-3-4-6-14(12)17-9-10-18(24-17)25-20-15-8-7-13(19(21)22)11-16(15)23-2/h3-11,20H,1-2H3,(H,21,22). The predicted molar refractivity (Wildman–Crippen MR) is 104 cm³/mol. The molecule has 6 heteroatoms. The van der Waals surface area contributed by atoms with Gasteiger partial charge in [0, 0.05) is 4.88 Å². The molecule has 0 aliphatic heterocycles. The zero-order valence-corrected chi connectivity index (χ0v) is 15.4. The van der Waals surface area contributed by atoms with Crippen LogP contribution < -0.4 is 9.46 Å². The second-order valence-corrected chi connectivity index (χ2v) is 7.55. The number of thiophene rings is 1. The summed E-state index contributed by atoms with van der Waals surface area (Å²) >= 11 is 3.19. The van der Waals surface area contributed by atoms with Gasteiger partial charge in [-0.3, -0.25) is 0 Å². The van der Waals surface area contributed by atoms with Gasteiger partial charge >= 0.3 is 5.97 Å². The number of hydrogen-bond acceptors (Lipinski definition) is 5. The Hall–Kier alpha value is -2.44. The highest BCUT2D eigenvalue weighted by Gasteiger charge is 2.10.